The van der Waals surface area contributed by atoms with Crippen molar-refractivity contribution in [3.63, 3.8) is 0 Å². The van der Waals surface area contributed by atoms with Crippen molar-refractivity contribution in [1.29, 1.82) is 0 Å². The molecule has 3 rings (SSSR count). The number of unbranched alkanes of at least 4 members (excludes halogenated alkanes) is 1. The van der Waals surface area contributed by atoms with Crippen molar-refractivity contribution in [2.75, 3.05) is 39.5 Å². The zero-order valence-corrected chi connectivity index (χ0v) is 16.2. The summed E-state index contributed by atoms with van der Waals surface area (Å²) in [4.78, 5) is 14.7. The van der Waals surface area contributed by atoms with Gasteiger partial charge in [0.25, 0.3) is 0 Å². The summed E-state index contributed by atoms with van der Waals surface area (Å²) in [7, 11) is 0. The molecule has 0 unspecified atom stereocenters. The first-order valence-electron chi connectivity index (χ1n) is 10.0. The molecule has 4 nitrogen and oxygen atoms in total. The minimum Gasteiger partial charge on any atom is -0.494 e. The fourth-order valence-electron chi connectivity index (χ4n) is 3.45. The van der Waals surface area contributed by atoms with Gasteiger partial charge in [-0.3, -0.25) is 4.79 Å². The molecular weight excluding hydrogens is 338 g/mol. The third kappa shape index (κ3) is 5.65. The molecule has 0 aliphatic carbocycles. The number of hydrogen-bond acceptors (Lipinski definition) is 3. The number of carbonyl (C=O) groups is 1. The number of rotatable bonds is 9. The average Bonchev–Trinajstić information content (AvgIpc) is 2.74. The number of morpholine rings is 1. The third-order valence-electron chi connectivity index (χ3n) is 5.12. The monoisotopic (exact) mass is 368 g/mol. The summed E-state index contributed by atoms with van der Waals surface area (Å²) in [6, 6.07) is 17.7. The lowest BCUT2D eigenvalue weighted by Crippen LogP contribution is -3.14. The zero-order chi connectivity index (χ0) is 18.9. The Morgan fingerprint density at radius 2 is 1.78 bits per heavy atom. The first kappa shape index (κ1) is 19.6. The Morgan fingerprint density at radius 1 is 1.07 bits per heavy atom. The molecule has 0 saturated carbocycles. The number of quaternary nitrogens is 1. The van der Waals surface area contributed by atoms with Crippen LogP contribution in [0.5, 0.6) is 5.75 Å². The van der Waals surface area contributed by atoms with Crippen molar-refractivity contribution >= 4 is 5.78 Å². The maximum absolute atomic E-state index is 13.3. The highest BCUT2D eigenvalue weighted by molar-refractivity contribution is 6.01. The van der Waals surface area contributed by atoms with E-state index < -0.39 is 0 Å². The van der Waals surface area contributed by atoms with E-state index in [4.69, 9.17) is 9.47 Å². The second kappa shape index (κ2) is 10.2. The second-order valence-corrected chi connectivity index (χ2v) is 7.12. The predicted molar refractivity (Wildman–Crippen MR) is 107 cm³/mol. The molecule has 1 saturated heterocycles. The summed E-state index contributed by atoms with van der Waals surface area (Å²) >= 11 is 0. The molecule has 0 spiro atoms. The summed E-state index contributed by atoms with van der Waals surface area (Å²) in [5.41, 5.74) is 1.84. The maximum atomic E-state index is 13.3. The normalized spacial score (nSPS) is 16.0. The number of ketones is 1. The van der Waals surface area contributed by atoms with Crippen LogP contribution >= 0.6 is 0 Å². The summed E-state index contributed by atoms with van der Waals surface area (Å²) in [6.45, 7) is 7.13. The second-order valence-electron chi connectivity index (χ2n) is 7.12. The van der Waals surface area contributed by atoms with Gasteiger partial charge in [0.15, 0.2) is 5.78 Å². The molecular formula is C23H30NO3+. The van der Waals surface area contributed by atoms with Crippen LogP contribution in [0.3, 0.4) is 0 Å². The van der Waals surface area contributed by atoms with Crippen LogP contribution in [0.25, 0.3) is 0 Å². The van der Waals surface area contributed by atoms with Crippen molar-refractivity contribution in [2.24, 2.45) is 0 Å². The van der Waals surface area contributed by atoms with Crippen LogP contribution in [0.2, 0.25) is 0 Å². The summed E-state index contributed by atoms with van der Waals surface area (Å²) < 4.78 is 11.2. The lowest BCUT2D eigenvalue weighted by molar-refractivity contribution is -0.908. The first-order valence-corrected chi connectivity index (χ1v) is 10.0. The molecule has 2 aromatic rings. The molecule has 144 valence electrons. The summed E-state index contributed by atoms with van der Waals surface area (Å²) in [5, 5.41) is 0. The van der Waals surface area contributed by atoms with Gasteiger partial charge < -0.3 is 14.4 Å². The molecule has 1 fully saturated rings. The van der Waals surface area contributed by atoms with Gasteiger partial charge in [-0.2, -0.15) is 0 Å². The quantitative estimate of drug-likeness (QED) is 0.546. The molecule has 1 atom stereocenters. The fourth-order valence-corrected chi connectivity index (χ4v) is 3.45. The number of nitrogens with one attached hydrogen (secondary N) is 1. The van der Waals surface area contributed by atoms with Crippen molar-refractivity contribution in [2.45, 2.75) is 25.7 Å². The van der Waals surface area contributed by atoms with E-state index in [1.165, 1.54) is 4.90 Å². The highest BCUT2D eigenvalue weighted by Crippen LogP contribution is 2.22. The zero-order valence-electron chi connectivity index (χ0n) is 16.2. The van der Waals surface area contributed by atoms with Crippen molar-refractivity contribution < 1.29 is 19.2 Å². The molecule has 0 aromatic heterocycles. The van der Waals surface area contributed by atoms with E-state index in [0.717, 1.165) is 69.2 Å². The van der Waals surface area contributed by atoms with E-state index in [9.17, 15) is 4.79 Å². The number of benzene rings is 2. The van der Waals surface area contributed by atoms with E-state index in [-0.39, 0.29) is 11.7 Å². The van der Waals surface area contributed by atoms with E-state index in [0.29, 0.717) is 0 Å². The Morgan fingerprint density at radius 3 is 2.44 bits per heavy atom. The van der Waals surface area contributed by atoms with Gasteiger partial charge in [-0.25, -0.2) is 0 Å². The van der Waals surface area contributed by atoms with Crippen LogP contribution in [0, 0.1) is 0 Å². The van der Waals surface area contributed by atoms with Gasteiger partial charge in [-0.1, -0.05) is 43.7 Å². The lowest BCUT2D eigenvalue weighted by atomic mass is 9.90. The SMILES string of the molecule is CCCCOc1ccc(C(=O)[C@H](C[NH+]2CCOCC2)c2ccccc2)cc1. The fraction of sp³-hybridized carbons (Fsp3) is 0.435. The standard InChI is InChI=1S/C23H29NO3/c1-2-3-15-27-21-11-9-20(10-12-21)23(25)22(19-7-5-4-6-8-19)18-24-13-16-26-17-14-24/h4-12,22H,2-3,13-18H2,1H3/p+1/t22-/m1/s1. The van der Waals surface area contributed by atoms with Crippen LogP contribution < -0.4 is 9.64 Å². The highest BCUT2D eigenvalue weighted by Gasteiger charge is 2.28. The summed E-state index contributed by atoms with van der Waals surface area (Å²) in [5.74, 6) is 0.876. The van der Waals surface area contributed by atoms with E-state index >= 15 is 0 Å². The smallest absolute Gasteiger partial charge is 0.175 e. The van der Waals surface area contributed by atoms with Gasteiger partial charge in [0.05, 0.1) is 32.3 Å². The molecule has 0 radical (unpaired) electrons. The number of carbonyl (C=O) groups excluding carboxylic acids is 1. The minimum absolute atomic E-state index is 0.133. The molecule has 1 heterocycles. The Balaban J connectivity index is 1.73. The van der Waals surface area contributed by atoms with Crippen LogP contribution in [-0.4, -0.2) is 45.2 Å². The average molecular weight is 368 g/mol. The van der Waals surface area contributed by atoms with E-state index in [1.807, 2.05) is 42.5 Å². The van der Waals surface area contributed by atoms with Gasteiger partial charge >= 0.3 is 0 Å². The van der Waals surface area contributed by atoms with Crippen molar-refractivity contribution in [3.05, 3.63) is 65.7 Å². The van der Waals surface area contributed by atoms with Crippen LogP contribution in [0.1, 0.15) is 41.6 Å². The van der Waals surface area contributed by atoms with Gasteiger partial charge in [0.1, 0.15) is 18.8 Å². The Kier molecular flexibility index (Phi) is 7.43. The lowest BCUT2D eigenvalue weighted by Gasteiger charge is -2.27. The molecule has 27 heavy (non-hydrogen) atoms. The Labute approximate surface area is 162 Å². The third-order valence-corrected chi connectivity index (χ3v) is 5.12. The van der Waals surface area contributed by atoms with E-state index in [2.05, 4.69) is 19.1 Å². The molecule has 0 amide bonds. The first-order chi connectivity index (χ1) is 13.3. The molecule has 2 aromatic carbocycles. The topological polar surface area (TPSA) is 40.0 Å². The molecule has 1 aliphatic heterocycles. The number of Topliss-reactive ketones (excluding diaryl/α,β-unsaturated/α-hetero) is 1. The summed E-state index contributed by atoms with van der Waals surface area (Å²) in [6.07, 6.45) is 2.15. The molecule has 1 N–H and O–H groups in total. The molecule has 1 aliphatic rings. The molecule has 0 bridgehead atoms. The predicted octanol–water partition coefficient (Wildman–Crippen LogP) is 2.75. The Hall–Kier alpha value is -2.17. The van der Waals surface area contributed by atoms with Crippen molar-refractivity contribution in [1.82, 2.24) is 0 Å². The van der Waals surface area contributed by atoms with E-state index in [1.54, 1.807) is 0 Å². The van der Waals surface area contributed by atoms with Crippen molar-refractivity contribution in [3.8, 4) is 5.75 Å². The minimum atomic E-state index is -0.133. The number of ether oxygens (including phenoxy) is 2. The highest BCUT2D eigenvalue weighted by atomic mass is 16.5. The number of hydrogen-bond donors (Lipinski definition) is 1. The maximum Gasteiger partial charge on any atom is 0.175 e. The van der Waals surface area contributed by atoms with Gasteiger partial charge in [0, 0.05) is 5.56 Å². The van der Waals surface area contributed by atoms with Gasteiger partial charge in [-0.05, 0) is 36.2 Å². The van der Waals surface area contributed by atoms with Gasteiger partial charge in [-0.15, -0.1) is 0 Å². The van der Waals surface area contributed by atoms with Gasteiger partial charge in [0.2, 0.25) is 0 Å². The van der Waals surface area contributed by atoms with Crippen LogP contribution in [-0.2, 0) is 4.74 Å². The molecule has 4 heteroatoms. The largest absolute Gasteiger partial charge is 0.494 e. The Bertz CT molecular complexity index is 693. The van der Waals surface area contributed by atoms with Crippen LogP contribution in [0.15, 0.2) is 54.6 Å². The van der Waals surface area contributed by atoms with Crippen LogP contribution in [0.4, 0.5) is 0 Å².